The van der Waals surface area contributed by atoms with Crippen LogP contribution in [0.1, 0.15) is 0 Å². The molecule has 9 aromatic carbocycles. The van der Waals surface area contributed by atoms with Crippen molar-refractivity contribution >= 4 is 87.5 Å². The van der Waals surface area contributed by atoms with Gasteiger partial charge in [0, 0.05) is 54.2 Å². The van der Waals surface area contributed by atoms with Gasteiger partial charge in [-0.25, -0.2) is 0 Å². The molecule has 0 bridgehead atoms. The van der Waals surface area contributed by atoms with Crippen molar-refractivity contribution in [2.75, 3.05) is 0 Å². The van der Waals surface area contributed by atoms with Gasteiger partial charge in [-0.2, -0.15) is 0 Å². The van der Waals surface area contributed by atoms with Crippen molar-refractivity contribution < 1.29 is 8.83 Å². The molecule has 0 fully saturated rings. The Hall–Kier alpha value is -7.82. The average molecular weight is 741 g/mol. The van der Waals surface area contributed by atoms with E-state index in [0.717, 1.165) is 99.6 Å². The van der Waals surface area contributed by atoms with Gasteiger partial charge >= 0.3 is 0 Å². The number of benzene rings is 9. The Labute approximate surface area is 332 Å². The Morgan fingerprint density at radius 3 is 0.966 bits per heavy atom. The second-order valence-electron chi connectivity index (χ2n) is 15.2. The maximum Gasteiger partial charge on any atom is 0.160 e. The molecule has 0 saturated heterocycles. The Balaban J connectivity index is 1.13. The summed E-state index contributed by atoms with van der Waals surface area (Å²) in [7, 11) is 0. The number of para-hydroxylation sites is 4. The van der Waals surface area contributed by atoms with Crippen LogP contribution in [0.15, 0.2) is 203 Å². The molecule has 0 radical (unpaired) electrons. The van der Waals surface area contributed by atoms with Crippen LogP contribution in [-0.4, -0.2) is 9.13 Å². The number of aromatic nitrogens is 2. The van der Waals surface area contributed by atoms with E-state index in [2.05, 4.69) is 203 Å². The lowest BCUT2D eigenvalue weighted by molar-refractivity contribution is 0.661. The highest BCUT2D eigenvalue weighted by atomic mass is 16.3. The van der Waals surface area contributed by atoms with E-state index in [4.69, 9.17) is 8.83 Å². The Morgan fingerprint density at radius 2 is 0.603 bits per heavy atom. The highest BCUT2D eigenvalue weighted by Gasteiger charge is 2.25. The monoisotopic (exact) mass is 740 g/mol. The minimum atomic E-state index is 0.822. The van der Waals surface area contributed by atoms with Gasteiger partial charge in [-0.1, -0.05) is 146 Å². The van der Waals surface area contributed by atoms with E-state index < -0.39 is 0 Å². The molecule has 0 aliphatic rings. The number of fused-ring (bicyclic) bond motifs is 12. The van der Waals surface area contributed by atoms with Crippen LogP contribution in [0.4, 0.5) is 0 Å². The van der Waals surface area contributed by atoms with Gasteiger partial charge in [-0.05, 0) is 59.7 Å². The fourth-order valence-electron chi connectivity index (χ4n) is 9.62. The molecule has 4 nitrogen and oxygen atoms in total. The van der Waals surface area contributed by atoms with E-state index in [0.29, 0.717) is 0 Å². The molecule has 0 aliphatic heterocycles. The van der Waals surface area contributed by atoms with E-state index >= 15 is 0 Å². The number of rotatable bonds is 4. The summed E-state index contributed by atoms with van der Waals surface area (Å²) in [4.78, 5) is 0. The summed E-state index contributed by atoms with van der Waals surface area (Å²) >= 11 is 0. The second kappa shape index (κ2) is 11.8. The van der Waals surface area contributed by atoms with Gasteiger partial charge in [0.15, 0.2) is 11.2 Å². The third kappa shape index (κ3) is 4.29. The van der Waals surface area contributed by atoms with Crippen LogP contribution in [0, 0.1) is 0 Å². The fraction of sp³-hybridized carbons (Fsp3) is 0. The molecule has 0 aliphatic carbocycles. The molecule has 0 spiro atoms. The fourth-order valence-corrected chi connectivity index (χ4v) is 9.62. The number of furan rings is 2. The Bertz CT molecular complexity index is 3430. The van der Waals surface area contributed by atoms with Crippen LogP contribution < -0.4 is 0 Å². The van der Waals surface area contributed by atoms with Crippen LogP contribution in [0.25, 0.3) is 121 Å². The van der Waals surface area contributed by atoms with Crippen LogP contribution in [0.3, 0.4) is 0 Å². The van der Waals surface area contributed by atoms with Crippen molar-refractivity contribution in [1.82, 2.24) is 9.13 Å². The summed E-state index contributed by atoms with van der Waals surface area (Å²) in [5.74, 6) is 0. The third-order valence-corrected chi connectivity index (χ3v) is 12.1. The number of hydrogen-bond acceptors (Lipinski definition) is 2. The summed E-state index contributed by atoms with van der Waals surface area (Å²) in [6.45, 7) is 0. The summed E-state index contributed by atoms with van der Waals surface area (Å²) in [5.41, 5.74) is 14.4. The topological polar surface area (TPSA) is 36.1 Å². The SMILES string of the molecule is c1ccc(-c2ccc3c(oc4cc5c(cc43)oc3c(-n4c6ccccc6c6ccccc64)c(-c4ccccc4)ccc35)c2-n2c3ccccc3c3ccccc32)cc1. The van der Waals surface area contributed by atoms with Gasteiger partial charge in [-0.3, -0.25) is 0 Å². The highest BCUT2D eigenvalue weighted by Crippen LogP contribution is 2.47. The standard InChI is InChI=1S/C54H32N2O2/c1-3-15-33(16-4-1)35-27-29-41-43-31-50-44(32-49(43)57-53(41)51(35)55-45-23-11-7-19-37(45)38-20-8-12-24-46(38)55)42-30-28-36(34-17-5-2-6-18-34)52(54(42)58-50)56-47-25-13-9-21-39(47)40-22-10-14-26-48(40)56/h1-32H. The van der Waals surface area contributed by atoms with Gasteiger partial charge in [0.1, 0.15) is 11.2 Å². The first-order valence-corrected chi connectivity index (χ1v) is 19.8. The third-order valence-electron chi connectivity index (χ3n) is 12.1. The molecule has 58 heavy (non-hydrogen) atoms. The van der Waals surface area contributed by atoms with Crippen molar-refractivity contribution in [3.05, 3.63) is 194 Å². The zero-order chi connectivity index (χ0) is 37.9. The maximum atomic E-state index is 7.14. The summed E-state index contributed by atoms with van der Waals surface area (Å²) < 4.78 is 19.1. The van der Waals surface area contributed by atoms with E-state index in [1.54, 1.807) is 0 Å². The van der Waals surface area contributed by atoms with Crippen molar-refractivity contribution in [3.8, 4) is 33.6 Å². The molecule has 4 heteroatoms. The average Bonchev–Trinajstić information content (AvgIpc) is 4.03. The van der Waals surface area contributed by atoms with E-state index in [1.807, 2.05) is 0 Å². The normalized spacial score (nSPS) is 12.1. The molecule has 0 amide bonds. The van der Waals surface area contributed by atoms with Crippen molar-refractivity contribution in [3.63, 3.8) is 0 Å². The zero-order valence-electron chi connectivity index (χ0n) is 31.2. The Morgan fingerprint density at radius 1 is 0.276 bits per heavy atom. The lowest BCUT2D eigenvalue weighted by Gasteiger charge is -2.15. The number of hydrogen-bond donors (Lipinski definition) is 0. The molecular weight excluding hydrogens is 709 g/mol. The second-order valence-corrected chi connectivity index (χ2v) is 15.2. The smallest absolute Gasteiger partial charge is 0.160 e. The largest absolute Gasteiger partial charge is 0.454 e. The lowest BCUT2D eigenvalue weighted by Crippen LogP contribution is -1.98. The minimum Gasteiger partial charge on any atom is -0.454 e. The van der Waals surface area contributed by atoms with Gasteiger partial charge in [0.25, 0.3) is 0 Å². The van der Waals surface area contributed by atoms with Gasteiger partial charge in [0.2, 0.25) is 0 Å². The van der Waals surface area contributed by atoms with Crippen molar-refractivity contribution in [1.29, 1.82) is 0 Å². The van der Waals surface area contributed by atoms with Gasteiger partial charge < -0.3 is 18.0 Å². The molecule has 0 atom stereocenters. The summed E-state index contributed by atoms with van der Waals surface area (Å²) in [6, 6.07) is 69.2. The maximum absolute atomic E-state index is 7.14. The van der Waals surface area contributed by atoms with E-state index in [-0.39, 0.29) is 0 Å². The molecule has 4 aromatic heterocycles. The predicted octanol–water partition coefficient (Wildman–Crippen LogP) is 15.0. The van der Waals surface area contributed by atoms with Crippen LogP contribution in [-0.2, 0) is 0 Å². The molecular formula is C54H32N2O2. The molecule has 4 heterocycles. The molecule has 13 aromatic rings. The van der Waals surface area contributed by atoms with Crippen LogP contribution >= 0.6 is 0 Å². The van der Waals surface area contributed by atoms with Crippen molar-refractivity contribution in [2.24, 2.45) is 0 Å². The Kier molecular flexibility index (Phi) is 6.41. The molecule has 0 saturated carbocycles. The highest BCUT2D eigenvalue weighted by molar-refractivity contribution is 6.20. The zero-order valence-corrected chi connectivity index (χ0v) is 31.2. The van der Waals surface area contributed by atoms with Crippen LogP contribution in [0.2, 0.25) is 0 Å². The quantitative estimate of drug-likeness (QED) is 0.180. The number of nitrogens with zero attached hydrogens (tertiary/aromatic N) is 2. The molecule has 0 N–H and O–H groups in total. The first kappa shape index (κ1) is 31.4. The van der Waals surface area contributed by atoms with E-state index in [1.165, 1.54) is 21.5 Å². The molecule has 270 valence electrons. The summed E-state index contributed by atoms with van der Waals surface area (Å²) in [5, 5.41) is 8.97. The van der Waals surface area contributed by atoms with E-state index in [9.17, 15) is 0 Å². The van der Waals surface area contributed by atoms with Crippen molar-refractivity contribution in [2.45, 2.75) is 0 Å². The first-order chi connectivity index (χ1) is 28.8. The summed E-state index contributed by atoms with van der Waals surface area (Å²) in [6.07, 6.45) is 0. The first-order valence-electron chi connectivity index (χ1n) is 19.8. The minimum absolute atomic E-state index is 0.822. The lowest BCUT2D eigenvalue weighted by atomic mass is 9.99. The predicted molar refractivity (Wildman–Crippen MR) is 241 cm³/mol. The van der Waals surface area contributed by atoms with Gasteiger partial charge in [-0.15, -0.1) is 0 Å². The van der Waals surface area contributed by atoms with Gasteiger partial charge in [0.05, 0.1) is 33.4 Å². The molecule has 0 unspecified atom stereocenters. The molecule has 13 rings (SSSR count). The van der Waals surface area contributed by atoms with Crippen LogP contribution in [0.5, 0.6) is 0 Å².